The molecular weight excluding hydrogens is 266 g/mol. The number of nitrogens with one attached hydrogen (secondary N) is 1. The van der Waals surface area contributed by atoms with E-state index in [1.54, 1.807) is 11.3 Å². The number of nitrogens with zero attached hydrogens (tertiary/aromatic N) is 2. The van der Waals surface area contributed by atoms with E-state index in [2.05, 4.69) is 63.8 Å². The molecule has 0 aliphatic carbocycles. The third-order valence-corrected chi connectivity index (χ3v) is 4.58. The molecule has 4 heteroatoms. The van der Waals surface area contributed by atoms with Crippen molar-refractivity contribution >= 4 is 17.0 Å². The molecule has 0 amide bonds. The molecule has 3 nitrogen and oxygen atoms in total. The van der Waals surface area contributed by atoms with E-state index in [9.17, 15) is 0 Å². The zero-order valence-corrected chi connectivity index (χ0v) is 12.2. The number of rotatable bonds is 1. The average molecular weight is 281 g/mol. The van der Waals surface area contributed by atoms with Crippen LogP contribution in [0.5, 0.6) is 0 Å². The highest BCUT2D eigenvalue weighted by Crippen LogP contribution is 2.39. The van der Waals surface area contributed by atoms with E-state index in [4.69, 9.17) is 0 Å². The average Bonchev–Trinajstić information content (AvgIpc) is 3.06. The summed E-state index contributed by atoms with van der Waals surface area (Å²) < 4.78 is 2.10. The predicted octanol–water partition coefficient (Wildman–Crippen LogP) is 4.20. The molecule has 0 radical (unpaired) electrons. The van der Waals surface area contributed by atoms with Gasteiger partial charge in [0.25, 0.3) is 0 Å². The summed E-state index contributed by atoms with van der Waals surface area (Å²) >= 11 is 1.76. The van der Waals surface area contributed by atoms with Crippen molar-refractivity contribution < 1.29 is 0 Å². The van der Waals surface area contributed by atoms with E-state index in [0.29, 0.717) is 0 Å². The van der Waals surface area contributed by atoms with Crippen LogP contribution in [0.25, 0.3) is 11.3 Å². The van der Waals surface area contributed by atoms with Crippen LogP contribution in [0.2, 0.25) is 0 Å². The lowest BCUT2D eigenvalue weighted by Gasteiger charge is -2.28. The number of aromatic nitrogens is 2. The van der Waals surface area contributed by atoms with Gasteiger partial charge in [-0.3, -0.25) is 0 Å². The van der Waals surface area contributed by atoms with Crippen molar-refractivity contribution in [1.82, 2.24) is 9.78 Å². The molecule has 1 aliphatic rings. The Bertz CT molecular complexity index is 771. The van der Waals surface area contributed by atoms with Gasteiger partial charge >= 0.3 is 0 Å². The first-order chi connectivity index (χ1) is 9.72. The van der Waals surface area contributed by atoms with E-state index >= 15 is 0 Å². The molecule has 2 aromatic heterocycles. The van der Waals surface area contributed by atoms with Crippen LogP contribution in [-0.2, 0) is 0 Å². The quantitative estimate of drug-likeness (QED) is 0.724. The first-order valence-electron chi connectivity index (χ1n) is 6.69. The lowest BCUT2D eigenvalue weighted by Crippen LogP contribution is -2.24. The van der Waals surface area contributed by atoms with E-state index in [-0.39, 0.29) is 6.17 Å². The number of aryl methyl sites for hydroxylation is 2. The molecule has 4 rings (SSSR count). The Morgan fingerprint density at radius 1 is 1.20 bits per heavy atom. The van der Waals surface area contributed by atoms with Crippen LogP contribution in [0, 0.1) is 13.8 Å². The fraction of sp³-hybridized carbons (Fsp3) is 0.188. The van der Waals surface area contributed by atoms with Gasteiger partial charge in [-0.2, -0.15) is 5.10 Å². The first kappa shape index (κ1) is 11.7. The molecule has 1 atom stereocenters. The van der Waals surface area contributed by atoms with Crippen LogP contribution < -0.4 is 5.32 Å². The first-order valence-corrected chi connectivity index (χ1v) is 7.57. The molecule has 1 unspecified atom stereocenters. The van der Waals surface area contributed by atoms with Gasteiger partial charge in [-0.1, -0.05) is 17.7 Å². The van der Waals surface area contributed by atoms with Crippen LogP contribution in [0.4, 0.5) is 5.69 Å². The highest BCUT2D eigenvalue weighted by molar-refractivity contribution is 7.10. The maximum atomic E-state index is 4.68. The Morgan fingerprint density at radius 2 is 2.10 bits per heavy atom. The smallest absolute Gasteiger partial charge is 0.156 e. The Hall–Kier alpha value is -2.07. The minimum Gasteiger partial charge on any atom is -0.359 e. The molecule has 0 fully saturated rings. The van der Waals surface area contributed by atoms with Crippen molar-refractivity contribution in [3.05, 3.63) is 57.9 Å². The van der Waals surface area contributed by atoms with Gasteiger partial charge in [0.1, 0.15) is 0 Å². The van der Waals surface area contributed by atoms with Gasteiger partial charge in [0.2, 0.25) is 0 Å². The van der Waals surface area contributed by atoms with Crippen molar-refractivity contribution in [2.75, 3.05) is 5.32 Å². The van der Waals surface area contributed by atoms with Crippen molar-refractivity contribution in [3.8, 4) is 11.3 Å². The summed E-state index contributed by atoms with van der Waals surface area (Å²) in [6.45, 7) is 4.17. The number of hydrogen-bond acceptors (Lipinski definition) is 3. The molecule has 0 bridgehead atoms. The van der Waals surface area contributed by atoms with Gasteiger partial charge in [-0.05, 0) is 43.5 Å². The van der Waals surface area contributed by atoms with Gasteiger partial charge in [0, 0.05) is 16.1 Å². The fourth-order valence-electron chi connectivity index (χ4n) is 2.76. The Morgan fingerprint density at radius 3 is 2.90 bits per heavy atom. The predicted molar refractivity (Wildman–Crippen MR) is 83.2 cm³/mol. The van der Waals surface area contributed by atoms with Crippen LogP contribution >= 0.6 is 11.3 Å². The minimum absolute atomic E-state index is 0.0916. The Kier molecular flexibility index (Phi) is 2.47. The third-order valence-electron chi connectivity index (χ3n) is 3.66. The highest BCUT2D eigenvalue weighted by Gasteiger charge is 2.26. The summed E-state index contributed by atoms with van der Waals surface area (Å²) in [6, 6.07) is 12.9. The van der Waals surface area contributed by atoms with Gasteiger partial charge in [0.15, 0.2) is 6.17 Å². The summed E-state index contributed by atoms with van der Waals surface area (Å²) in [7, 11) is 0. The van der Waals surface area contributed by atoms with Gasteiger partial charge < -0.3 is 5.32 Å². The molecule has 20 heavy (non-hydrogen) atoms. The summed E-state index contributed by atoms with van der Waals surface area (Å²) in [4.78, 5) is 1.28. The molecule has 0 saturated heterocycles. The van der Waals surface area contributed by atoms with E-state index in [1.807, 2.05) is 6.92 Å². The lowest BCUT2D eigenvalue weighted by atomic mass is 10.0. The van der Waals surface area contributed by atoms with E-state index < -0.39 is 0 Å². The third kappa shape index (κ3) is 1.68. The lowest BCUT2D eigenvalue weighted by molar-refractivity contribution is 0.579. The molecule has 1 aliphatic heterocycles. The molecule has 0 saturated carbocycles. The SMILES string of the molecule is Cc1ccc2c(c1)-c1cc(C)nn1C(c1cccs1)N2. The standard InChI is InChI=1S/C16H15N3S/c1-10-5-6-13-12(8-10)14-9-11(2)18-19(14)16(17-13)15-4-3-7-20-15/h3-9,16-17H,1-2H3. The molecule has 0 spiro atoms. The topological polar surface area (TPSA) is 29.9 Å². The van der Waals surface area contributed by atoms with Gasteiger partial charge in [0.05, 0.1) is 11.4 Å². The van der Waals surface area contributed by atoms with Crippen LogP contribution in [0.3, 0.4) is 0 Å². The van der Waals surface area contributed by atoms with Crippen LogP contribution in [0.15, 0.2) is 41.8 Å². The fourth-order valence-corrected chi connectivity index (χ4v) is 3.52. The number of thiophene rings is 1. The summed E-state index contributed by atoms with van der Waals surface area (Å²) in [5.41, 5.74) is 5.93. The maximum Gasteiger partial charge on any atom is 0.156 e. The number of anilines is 1. The number of hydrogen-bond donors (Lipinski definition) is 1. The van der Waals surface area contributed by atoms with Crippen molar-refractivity contribution in [2.24, 2.45) is 0 Å². The Balaban J connectivity index is 1.95. The molecule has 1 aromatic carbocycles. The van der Waals surface area contributed by atoms with Crippen molar-refractivity contribution in [2.45, 2.75) is 20.0 Å². The molecule has 100 valence electrons. The van der Waals surface area contributed by atoms with Crippen molar-refractivity contribution in [3.63, 3.8) is 0 Å². The zero-order valence-electron chi connectivity index (χ0n) is 11.4. The molecule has 3 aromatic rings. The van der Waals surface area contributed by atoms with E-state index in [1.165, 1.54) is 27.4 Å². The largest absolute Gasteiger partial charge is 0.359 e. The van der Waals surface area contributed by atoms with Crippen molar-refractivity contribution in [1.29, 1.82) is 0 Å². The Labute approximate surface area is 121 Å². The highest BCUT2D eigenvalue weighted by atomic mass is 32.1. The summed E-state index contributed by atoms with van der Waals surface area (Å²) in [6.07, 6.45) is 0.0916. The molecule has 1 N–H and O–H groups in total. The monoisotopic (exact) mass is 281 g/mol. The van der Waals surface area contributed by atoms with Gasteiger partial charge in [-0.25, -0.2) is 4.68 Å². The maximum absolute atomic E-state index is 4.68. The van der Waals surface area contributed by atoms with Crippen LogP contribution in [-0.4, -0.2) is 9.78 Å². The molecule has 3 heterocycles. The summed E-state index contributed by atoms with van der Waals surface area (Å²) in [5.74, 6) is 0. The number of benzene rings is 1. The minimum atomic E-state index is 0.0916. The zero-order chi connectivity index (χ0) is 13.7. The van der Waals surface area contributed by atoms with E-state index in [0.717, 1.165) is 5.69 Å². The van der Waals surface area contributed by atoms with Crippen LogP contribution in [0.1, 0.15) is 22.3 Å². The molecular formula is C16H15N3S. The normalized spacial score (nSPS) is 16.4. The van der Waals surface area contributed by atoms with Gasteiger partial charge in [-0.15, -0.1) is 11.3 Å². The summed E-state index contributed by atoms with van der Waals surface area (Å²) in [5, 5.41) is 10.4. The number of fused-ring (bicyclic) bond motifs is 3. The second-order valence-electron chi connectivity index (χ2n) is 5.23. The second kappa shape index (κ2) is 4.21. The second-order valence-corrected chi connectivity index (χ2v) is 6.21.